The molecule has 7 nitrogen and oxygen atoms in total. The molecule has 0 unspecified atom stereocenters. The lowest BCUT2D eigenvalue weighted by Crippen LogP contribution is -2.41. The maximum absolute atomic E-state index is 12.9. The Bertz CT molecular complexity index is 1040. The number of pyridine rings is 2. The van der Waals surface area contributed by atoms with E-state index in [2.05, 4.69) is 26.3 Å². The van der Waals surface area contributed by atoms with E-state index in [1.807, 2.05) is 36.4 Å². The minimum absolute atomic E-state index is 0.149. The number of nitrogens with one attached hydrogen (secondary N) is 1. The number of methoxy groups -OCH3 is 2. The fourth-order valence-corrected chi connectivity index (χ4v) is 4.39. The van der Waals surface area contributed by atoms with E-state index in [-0.39, 0.29) is 11.9 Å². The summed E-state index contributed by atoms with van der Waals surface area (Å²) < 4.78 is 10.8. The Morgan fingerprint density at radius 3 is 2.36 bits per heavy atom. The van der Waals surface area contributed by atoms with Gasteiger partial charge in [0.2, 0.25) is 0 Å². The normalized spacial score (nSPS) is 15.6. The Labute approximate surface area is 194 Å². The second kappa shape index (κ2) is 10.9. The van der Waals surface area contributed by atoms with Gasteiger partial charge >= 0.3 is 0 Å². The van der Waals surface area contributed by atoms with Crippen molar-refractivity contribution in [2.45, 2.75) is 25.4 Å². The van der Waals surface area contributed by atoms with Crippen LogP contribution in [0.4, 0.5) is 0 Å². The molecular weight excluding hydrogens is 416 g/mol. The average molecular weight is 447 g/mol. The number of carbonyl (C=O) groups excluding carboxylic acids is 1. The third-order valence-electron chi connectivity index (χ3n) is 6.15. The fraction of sp³-hybridized carbons (Fsp3) is 0.346. The third-order valence-corrected chi connectivity index (χ3v) is 6.15. The molecule has 2 aromatic heterocycles. The maximum atomic E-state index is 12.9. The van der Waals surface area contributed by atoms with Gasteiger partial charge in [-0.3, -0.25) is 19.7 Å². The van der Waals surface area contributed by atoms with Crippen molar-refractivity contribution >= 4 is 5.91 Å². The third kappa shape index (κ3) is 5.68. The average Bonchev–Trinajstić information content (AvgIpc) is 2.88. The van der Waals surface area contributed by atoms with Crippen molar-refractivity contribution in [2.75, 3.05) is 27.3 Å². The molecule has 7 heteroatoms. The van der Waals surface area contributed by atoms with Crippen LogP contribution >= 0.6 is 0 Å². The smallest absolute Gasteiger partial charge is 0.270 e. The first kappa shape index (κ1) is 22.7. The molecule has 1 atom stereocenters. The maximum Gasteiger partial charge on any atom is 0.270 e. The number of ether oxygens (including phenoxy) is 2. The van der Waals surface area contributed by atoms with E-state index in [0.717, 1.165) is 49.7 Å². The summed E-state index contributed by atoms with van der Waals surface area (Å²) >= 11 is 0. The first-order valence-electron chi connectivity index (χ1n) is 11.2. The molecule has 0 aliphatic carbocycles. The highest BCUT2D eigenvalue weighted by molar-refractivity contribution is 5.92. The van der Waals surface area contributed by atoms with Gasteiger partial charge < -0.3 is 14.8 Å². The number of benzene rings is 1. The highest BCUT2D eigenvalue weighted by atomic mass is 16.5. The Morgan fingerprint density at radius 1 is 1.00 bits per heavy atom. The molecule has 0 spiro atoms. The highest BCUT2D eigenvalue weighted by Crippen LogP contribution is 2.32. The van der Waals surface area contributed by atoms with E-state index >= 15 is 0 Å². The lowest BCUT2D eigenvalue weighted by molar-refractivity contribution is 0.0883. The number of rotatable bonds is 8. The number of aromatic nitrogens is 2. The Morgan fingerprint density at radius 2 is 1.73 bits per heavy atom. The first-order valence-corrected chi connectivity index (χ1v) is 11.2. The minimum atomic E-state index is -0.168. The Balaban J connectivity index is 1.42. The van der Waals surface area contributed by atoms with Crippen molar-refractivity contribution < 1.29 is 14.3 Å². The molecule has 0 bridgehead atoms. The van der Waals surface area contributed by atoms with Gasteiger partial charge in [-0.05, 0) is 73.8 Å². The Hall–Kier alpha value is -3.45. The van der Waals surface area contributed by atoms with Crippen LogP contribution in [0, 0.1) is 5.92 Å². The quantitative estimate of drug-likeness (QED) is 0.566. The topological polar surface area (TPSA) is 76.6 Å². The number of likely N-dealkylation sites (tertiary alicyclic amines) is 1. The van der Waals surface area contributed by atoms with Crippen LogP contribution in [0.1, 0.15) is 40.6 Å². The zero-order valence-electron chi connectivity index (χ0n) is 19.1. The van der Waals surface area contributed by atoms with Gasteiger partial charge in [-0.15, -0.1) is 0 Å². The van der Waals surface area contributed by atoms with Crippen LogP contribution in [-0.4, -0.2) is 48.1 Å². The molecule has 0 radical (unpaired) electrons. The first-order chi connectivity index (χ1) is 16.2. The number of hydrogen-bond acceptors (Lipinski definition) is 6. The fourth-order valence-electron chi connectivity index (χ4n) is 4.39. The second-order valence-electron chi connectivity index (χ2n) is 8.22. The van der Waals surface area contributed by atoms with E-state index in [9.17, 15) is 4.79 Å². The summed E-state index contributed by atoms with van der Waals surface area (Å²) in [6, 6.07) is 17.1. The number of amides is 1. The molecule has 172 valence electrons. The summed E-state index contributed by atoms with van der Waals surface area (Å²) in [5.74, 6) is 1.62. The predicted octanol–water partition coefficient (Wildman–Crippen LogP) is 3.88. The van der Waals surface area contributed by atoms with E-state index in [0.29, 0.717) is 11.6 Å². The highest BCUT2D eigenvalue weighted by Gasteiger charge is 2.30. The number of hydrogen-bond donors (Lipinski definition) is 1. The zero-order chi connectivity index (χ0) is 23.0. The molecule has 4 rings (SSSR count). The van der Waals surface area contributed by atoms with Crippen LogP contribution < -0.4 is 14.8 Å². The molecule has 1 fully saturated rings. The van der Waals surface area contributed by atoms with E-state index in [1.165, 1.54) is 5.56 Å². The van der Waals surface area contributed by atoms with Crippen LogP contribution in [0.5, 0.6) is 11.5 Å². The predicted molar refractivity (Wildman–Crippen MR) is 126 cm³/mol. The van der Waals surface area contributed by atoms with E-state index in [1.54, 1.807) is 38.7 Å². The van der Waals surface area contributed by atoms with Crippen LogP contribution in [0.3, 0.4) is 0 Å². The lowest BCUT2D eigenvalue weighted by atomic mass is 9.87. The van der Waals surface area contributed by atoms with Gasteiger partial charge in [-0.2, -0.15) is 0 Å². The zero-order valence-corrected chi connectivity index (χ0v) is 19.1. The molecule has 1 aliphatic rings. The standard InChI is InChI=1S/C26H30N4O3/c1-32-23-10-9-19(17-24(23)33-2)18-30-15-11-20(12-16-30)25(21-7-3-5-13-27-21)29-26(31)22-8-4-6-14-28-22/h3-10,13-14,17,20,25H,11-12,15-16,18H2,1-2H3,(H,29,31)/t25-/m0/s1. The molecule has 1 amide bonds. The molecular formula is C26H30N4O3. The summed E-state index contributed by atoms with van der Waals surface area (Å²) in [5.41, 5.74) is 2.50. The van der Waals surface area contributed by atoms with Crippen LogP contribution in [0.25, 0.3) is 0 Å². The van der Waals surface area contributed by atoms with Gasteiger partial charge in [0.15, 0.2) is 11.5 Å². The van der Waals surface area contributed by atoms with Gasteiger partial charge in [-0.1, -0.05) is 18.2 Å². The molecule has 3 aromatic rings. The van der Waals surface area contributed by atoms with Crippen LogP contribution in [0.15, 0.2) is 67.0 Å². The Kier molecular flexibility index (Phi) is 7.52. The van der Waals surface area contributed by atoms with Crippen molar-refractivity contribution in [1.29, 1.82) is 0 Å². The summed E-state index contributed by atoms with van der Waals surface area (Å²) in [5, 5.41) is 3.20. The number of carbonyl (C=O) groups is 1. The van der Waals surface area contributed by atoms with Crippen molar-refractivity contribution in [3.63, 3.8) is 0 Å². The van der Waals surface area contributed by atoms with Gasteiger partial charge in [0.1, 0.15) is 5.69 Å². The van der Waals surface area contributed by atoms with Crippen molar-refractivity contribution in [3.05, 3.63) is 83.9 Å². The van der Waals surface area contributed by atoms with Gasteiger partial charge in [0.25, 0.3) is 5.91 Å². The summed E-state index contributed by atoms with van der Waals surface area (Å²) in [6.07, 6.45) is 5.35. The van der Waals surface area contributed by atoms with Crippen molar-refractivity contribution in [1.82, 2.24) is 20.2 Å². The summed E-state index contributed by atoms with van der Waals surface area (Å²) in [6.45, 7) is 2.74. The monoisotopic (exact) mass is 446 g/mol. The molecule has 33 heavy (non-hydrogen) atoms. The van der Waals surface area contributed by atoms with Crippen molar-refractivity contribution in [3.8, 4) is 11.5 Å². The van der Waals surface area contributed by atoms with E-state index < -0.39 is 0 Å². The number of piperidine rings is 1. The van der Waals surface area contributed by atoms with Crippen molar-refractivity contribution in [2.24, 2.45) is 5.92 Å². The molecule has 3 heterocycles. The molecule has 1 N–H and O–H groups in total. The van der Waals surface area contributed by atoms with E-state index in [4.69, 9.17) is 9.47 Å². The van der Waals surface area contributed by atoms with Crippen LogP contribution in [0.2, 0.25) is 0 Å². The molecule has 1 saturated heterocycles. The molecule has 1 aliphatic heterocycles. The summed E-state index contributed by atoms with van der Waals surface area (Å²) in [4.78, 5) is 24.0. The summed E-state index contributed by atoms with van der Waals surface area (Å²) in [7, 11) is 3.30. The van der Waals surface area contributed by atoms with Crippen LogP contribution in [-0.2, 0) is 6.54 Å². The SMILES string of the molecule is COc1ccc(CN2CCC([C@H](NC(=O)c3ccccn3)c3ccccn3)CC2)cc1OC. The van der Waals surface area contributed by atoms with Gasteiger partial charge in [-0.25, -0.2) is 0 Å². The second-order valence-corrected chi connectivity index (χ2v) is 8.22. The molecule has 0 saturated carbocycles. The lowest BCUT2D eigenvalue weighted by Gasteiger charge is -2.36. The van der Waals surface area contributed by atoms with Gasteiger partial charge in [0, 0.05) is 18.9 Å². The number of nitrogens with zero attached hydrogens (tertiary/aromatic N) is 3. The molecule has 1 aromatic carbocycles. The largest absolute Gasteiger partial charge is 0.493 e. The minimum Gasteiger partial charge on any atom is -0.493 e. The van der Waals surface area contributed by atoms with Gasteiger partial charge in [0.05, 0.1) is 26.0 Å².